The summed E-state index contributed by atoms with van der Waals surface area (Å²) in [6, 6.07) is 3.87. The lowest BCUT2D eigenvalue weighted by molar-refractivity contribution is 0.278. The van der Waals surface area contributed by atoms with Crippen LogP contribution in [0.1, 0.15) is 18.9 Å². The minimum Gasteiger partial charge on any atom is -0.493 e. The zero-order valence-electron chi connectivity index (χ0n) is 13.3. The van der Waals surface area contributed by atoms with Gasteiger partial charge in [-0.25, -0.2) is 0 Å². The Hall–Kier alpha value is -2.16. The second-order valence-corrected chi connectivity index (χ2v) is 4.57. The first-order chi connectivity index (χ1) is 10.2. The van der Waals surface area contributed by atoms with Gasteiger partial charge in [-0.05, 0) is 37.1 Å². The van der Waals surface area contributed by atoms with E-state index in [9.17, 15) is 0 Å². The summed E-state index contributed by atoms with van der Waals surface area (Å²) in [6.45, 7) is 8.25. The molecule has 1 aromatic carbocycles. The van der Waals surface area contributed by atoms with Crippen LogP contribution in [0.3, 0.4) is 0 Å². The number of rotatable bonds is 8. The molecule has 0 aliphatic rings. The first-order valence-electron chi connectivity index (χ1n) is 6.96. The van der Waals surface area contributed by atoms with E-state index in [1.54, 1.807) is 20.3 Å². The fourth-order valence-electron chi connectivity index (χ4n) is 2.01. The molecule has 0 aliphatic carbocycles. The zero-order valence-corrected chi connectivity index (χ0v) is 13.3. The lowest BCUT2D eigenvalue weighted by atomic mass is 10.1. The van der Waals surface area contributed by atoms with E-state index in [1.807, 2.05) is 38.1 Å². The molecule has 1 rings (SSSR count). The van der Waals surface area contributed by atoms with Crippen LogP contribution in [-0.2, 0) is 0 Å². The predicted molar refractivity (Wildman–Crippen MR) is 87.5 cm³/mol. The Morgan fingerprint density at radius 2 is 1.81 bits per heavy atom. The van der Waals surface area contributed by atoms with Gasteiger partial charge in [0.15, 0.2) is 11.5 Å². The molecular weight excluding hydrogens is 264 g/mol. The van der Waals surface area contributed by atoms with Crippen molar-refractivity contribution in [3.63, 3.8) is 0 Å². The summed E-state index contributed by atoms with van der Waals surface area (Å²) in [4.78, 5) is 0. The first kappa shape index (κ1) is 16.9. The van der Waals surface area contributed by atoms with Crippen LogP contribution < -0.4 is 14.2 Å². The van der Waals surface area contributed by atoms with Gasteiger partial charge in [0.1, 0.15) is 0 Å². The van der Waals surface area contributed by atoms with E-state index >= 15 is 0 Å². The molecule has 0 N–H and O–H groups in total. The van der Waals surface area contributed by atoms with Gasteiger partial charge in [-0.3, -0.25) is 0 Å². The van der Waals surface area contributed by atoms with Crippen LogP contribution in [0, 0.1) is 6.92 Å². The molecule has 3 nitrogen and oxygen atoms in total. The highest BCUT2D eigenvalue weighted by molar-refractivity contribution is 5.53. The average Bonchev–Trinajstić information content (AvgIpc) is 2.48. The number of aryl methyl sites for hydroxylation is 1. The normalized spacial score (nSPS) is 11.5. The molecule has 0 aliphatic heterocycles. The Labute approximate surface area is 127 Å². The van der Waals surface area contributed by atoms with Gasteiger partial charge in [0, 0.05) is 6.42 Å². The van der Waals surface area contributed by atoms with Crippen LogP contribution >= 0.6 is 0 Å². The summed E-state index contributed by atoms with van der Waals surface area (Å²) in [5.41, 5.74) is 2.23. The largest absolute Gasteiger partial charge is 0.493 e. The SMILES string of the molecule is C=C/C=C(\C=C/C)CCOc1c(OC)cc(C)cc1OC. The lowest BCUT2D eigenvalue weighted by Crippen LogP contribution is -2.02. The third-order valence-electron chi connectivity index (χ3n) is 2.95. The molecule has 1 aromatic rings. The van der Waals surface area contributed by atoms with E-state index in [2.05, 4.69) is 12.7 Å². The van der Waals surface area contributed by atoms with Crippen LogP contribution in [0.2, 0.25) is 0 Å². The maximum atomic E-state index is 5.87. The van der Waals surface area contributed by atoms with Crippen LogP contribution in [0.15, 0.2) is 48.6 Å². The van der Waals surface area contributed by atoms with Crippen molar-refractivity contribution in [3.8, 4) is 17.2 Å². The third kappa shape index (κ3) is 5.03. The van der Waals surface area contributed by atoms with Crippen LogP contribution in [0.25, 0.3) is 0 Å². The number of hydrogen-bond donors (Lipinski definition) is 0. The molecular formula is C18H24O3. The monoisotopic (exact) mass is 288 g/mol. The van der Waals surface area contributed by atoms with Gasteiger partial charge in [-0.2, -0.15) is 0 Å². The Balaban J connectivity index is 2.83. The van der Waals surface area contributed by atoms with E-state index in [0.29, 0.717) is 23.9 Å². The molecule has 0 fully saturated rings. The summed E-state index contributed by atoms with van der Waals surface area (Å²) in [5.74, 6) is 2.02. The molecule has 21 heavy (non-hydrogen) atoms. The van der Waals surface area contributed by atoms with Gasteiger partial charge in [0.25, 0.3) is 0 Å². The molecule has 0 amide bonds. The molecule has 0 heterocycles. The van der Waals surface area contributed by atoms with E-state index < -0.39 is 0 Å². The fourth-order valence-corrected chi connectivity index (χ4v) is 2.01. The third-order valence-corrected chi connectivity index (χ3v) is 2.95. The molecule has 0 unspecified atom stereocenters. The summed E-state index contributed by atoms with van der Waals surface area (Å²) in [7, 11) is 3.26. The van der Waals surface area contributed by atoms with Gasteiger partial charge in [0.2, 0.25) is 5.75 Å². The molecule has 0 radical (unpaired) electrons. The number of allylic oxidation sites excluding steroid dienone is 4. The summed E-state index contributed by atoms with van der Waals surface area (Å²) in [6.07, 6.45) is 8.60. The van der Waals surface area contributed by atoms with Gasteiger partial charge in [0.05, 0.1) is 20.8 Å². The van der Waals surface area contributed by atoms with Crippen molar-refractivity contribution in [1.29, 1.82) is 0 Å². The van der Waals surface area contributed by atoms with Crippen molar-refractivity contribution in [2.45, 2.75) is 20.3 Å². The standard InChI is InChI=1S/C18H24O3/c1-6-8-15(9-7-2)10-11-21-18-16(19-4)12-14(3)13-17(18)20-5/h6-9,12-13H,1,10-11H2,2-5H3/b9-7-,15-8+. The number of ether oxygens (including phenoxy) is 3. The molecule has 0 atom stereocenters. The minimum absolute atomic E-state index is 0.541. The van der Waals surface area contributed by atoms with E-state index in [1.165, 1.54) is 0 Å². The fraction of sp³-hybridized carbons (Fsp3) is 0.333. The second kappa shape index (κ2) is 8.90. The topological polar surface area (TPSA) is 27.7 Å². The highest BCUT2D eigenvalue weighted by Crippen LogP contribution is 2.38. The smallest absolute Gasteiger partial charge is 0.203 e. The van der Waals surface area contributed by atoms with Crippen molar-refractivity contribution in [1.82, 2.24) is 0 Å². The number of methoxy groups -OCH3 is 2. The first-order valence-corrected chi connectivity index (χ1v) is 6.96. The molecule has 114 valence electrons. The minimum atomic E-state index is 0.541. The zero-order chi connectivity index (χ0) is 15.7. The van der Waals surface area contributed by atoms with Crippen LogP contribution in [0.5, 0.6) is 17.2 Å². The van der Waals surface area contributed by atoms with Crippen molar-refractivity contribution >= 4 is 0 Å². The van der Waals surface area contributed by atoms with E-state index in [-0.39, 0.29) is 0 Å². The molecule has 0 saturated carbocycles. The molecule has 3 heteroatoms. The Bertz CT molecular complexity index is 502. The lowest BCUT2D eigenvalue weighted by Gasteiger charge is -2.15. The molecule has 0 bridgehead atoms. The van der Waals surface area contributed by atoms with Crippen LogP contribution in [0.4, 0.5) is 0 Å². The molecule has 0 saturated heterocycles. The van der Waals surface area contributed by atoms with E-state index in [0.717, 1.165) is 17.6 Å². The predicted octanol–water partition coefficient (Wildman–Crippen LogP) is 4.47. The number of hydrogen-bond acceptors (Lipinski definition) is 3. The Morgan fingerprint density at radius 1 is 1.19 bits per heavy atom. The summed E-state index contributed by atoms with van der Waals surface area (Å²) < 4.78 is 16.6. The van der Waals surface area contributed by atoms with Crippen LogP contribution in [-0.4, -0.2) is 20.8 Å². The van der Waals surface area contributed by atoms with E-state index in [4.69, 9.17) is 14.2 Å². The maximum Gasteiger partial charge on any atom is 0.203 e. The highest BCUT2D eigenvalue weighted by atomic mass is 16.5. The van der Waals surface area contributed by atoms with Gasteiger partial charge >= 0.3 is 0 Å². The molecule has 0 spiro atoms. The maximum absolute atomic E-state index is 5.87. The Morgan fingerprint density at radius 3 is 2.29 bits per heavy atom. The average molecular weight is 288 g/mol. The van der Waals surface area contributed by atoms with Gasteiger partial charge < -0.3 is 14.2 Å². The van der Waals surface area contributed by atoms with Crippen molar-refractivity contribution < 1.29 is 14.2 Å². The van der Waals surface area contributed by atoms with Crippen molar-refractivity contribution in [3.05, 3.63) is 54.2 Å². The summed E-state index contributed by atoms with van der Waals surface area (Å²) in [5, 5.41) is 0. The Kier molecular flexibility index (Phi) is 7.16. The second-order valence-electron chi connectivity index (χ2n) is 4.57. The summed E-state index contributed by atoms with van der Waals surface area (Å²) >= 11 is 0. The number of benzene rings is 1. The van der Waals surface area contributed by atoms with Crippen molar-refractivity contribution in [2.75, 3.05) is 20.8 Å². The quantitative estimate of drug-likeness (QED) is 0.661. The van der Waals surface area contributed by atoms with Gasteiger partial charge in [-0.15, -0.1) is 0 Å². The van der Waals surface area contributed by atoms with Crippen molar-refractivity contribution in [2.24, 2.45) is 0 Å². The van der Waals surface area contributed by atoms with Gasteiger partial charge in [-0.1, -0.05) is 30.9 Å². The highest BCUT2D eigenvalue weighted by Gasteiger charge is 2.12. The molecule has 0 aromatic heterocycles.